The predicted octanol–water partition coefficient (Wildman–Crippen LogP) is 4.16. The van der Waals surface area contributed by atoms with Crippen LogP contribution < -0.4 is 5.32 Å². The number of rotatable bonds is 6. The van der Waals surface area contributed by atoms with Crippen molar-refractivity contribution in [1.82, 2.24) is 24.8 Å². The zero-order chi connectivity index (χ0) is 21.8. The highest BCUT2D eigenvalue weighted by atomic mass is 16.2. The minimum Gasteiger partial charge on any atom is -0.342 e. The van der Waals surface area contributed by atoms with Gasteiger partial charge in [-0.3, -0.25) is 9.69 Å². The van der Waals surface area contributed by atoms with Crippen molar-refractivity contribution in [2.24, 2.45) is 0 Å². The van der Waals surface area contributed by atoms with Crippen LogP contribution in [0.5, 0.6) is 0 Å². The molecule has 1 N–H and O–H groups in total. The third-order valence-corrected chi connectivity index (χ3v) is 6.55. The maximum absolute atomic E-state index is 13.0. The molecule has 0 spiro atoms. The highest BCUT2D eigenvalue weighted by Crippen LogP contribution is 2.32. The highest BCUT2D eigenvalue weighted by molar-refractivity contribution is 5.78. The number of carbonyl (C=O) groups excluding carboxylic acids is 1. The Morgan fingerprint density at radius 2 is 1.81 bits per heavy atom. The number of likely N-dealkylation sites (tertiary alicyclic amines) is 1. The molecule has 166 valence electrons. The molecule has 7 nitrogen and oxygen atoms in total. The first kappa shape index (κ1) is 21.7. The van der Waals surface area contributed by atoms with E-state index in [2.05, 4.69) is 26.3 Å². The second kappa shape index (κ2) is 9.73. The number of carbonyl (C=O) groups is 1. The van der Waals surface area contributed by atoms with Crippen molar-refractivity contribution in [3.8, 4) is 0 Å². The second-order valence-corrected chi connectivity index (χ2v) is 8.97. The summed E-state index contributed by atoms with van der Waals surface area (Å²) < 4.78 is 0. The standard InChI is InChI=1S/C24H34N6O/c1-17-15-18(2)26-24(25-17)28-22-13-7-11-20(27-22)21-12-8-14-30(21)16-23(31)29(3)19-9-5-4-6-10-19/h7,11,13,15,19,21H,4-6,8-10,12,14,16H2,1-3H3,(H,25,26,27,28)/t21-/m0/s1. The summed E-state index contributed by atoms with van der Waals surface area (Å²) in [5.74, 6) is 1.53. The minimum atomic E-state index is 0.172. The predicted molar refractivity (Wildman–Crippen MR) is 122 cm³/mol. The van der Waals surface area contributed by atoms with Gasteiger partial charge in [-0.05, 0) is 64.3 Å². The minimum absolute atomic E-state index is 0.172. The molecule has 0 bridgehead atoms. The van der Waals surface area contributed by atoms with Crippen LogP contribution in [0.3, 0.4) is 0 Å². The van der Waals surface area contributed by atoms with E-state index in [-0.39, 0.29) is 11.9 Å². The molecule has 1 amide bonds. The molecule has 2 fully saturated rings. The molecule has 1 aliphatic heterocycles. The Morgan fingerprint density at radius 1 is 1.06 bits per heavy atom. The smallest absolute Gasteiger partial charge is 0.236 e. The monoisotopic (exact) mass is 422 g/mol. The fraction of sp³-hybridized carbons (Fsp3) is 0.583. The number of nitrogens with one attached hydrogen (secondary N) is 1. The van der Waals surface area contributed by atoms with E-state index in [1.807, 2.05) is 44.0 Å². The van der Waals surface area contributed by atoms with Gasteiger partial charge in [-0.25, -0.2) is 15.0 Å². The van der Waals surface area contributed by atoms with E-state index in [0.29, 0.717) is 18.5 Å². The van der Waals surface area contributed by atoms with Gasteiger partial charge in [-0.2, -0.15) is 0 Å². The van der Waals surface area contributed by atoms with Gasteiger partial charge in [0, 0.05) is 24.5 Å². The lowest BCUT2D eigenvalue weighted by atomic mass is 9.94. The molecule has 7 heteroatoms. The van der Waals surface area contributed by atoms with Crippen LogP contribution in [0.15, 0.2) is 24.3 Å². The summed E-state index contributed by atoms with van der Waals surface area (Å²) in [6.07, 6.45) is 8.17. The van der Waals surface area contributed by atoms with Crippen LogP contribution in [0.2, 0.25) is 0 Å². The van der Waals surface area contributed by atoms with Crippen molar-refractivity contribution >= 4 is 17.7 Å². The highest BCUT2D eigenvalue weighted by Gasteiger charge is 2.31. The molecule has 0 unspecified atom stereocenters. The van der Waals surface area contributed by atoms with Gasteiger partial charge in [-0.15, -0.1) is 0 Å². The van der Waals surface area contributed by atoms with Gasteiger partial charge in [0.25, 0.3) is 0 Å². The maximum Gasteiger partial charge on any atom is 0.236 e. The number of amides is 1. The van der Waals surface area contributed by atoms with Crippen molar-refractivity contribution in [3.63, 3.8) is 0 Å². The molecule has 2 aromatic rings. The molecule has 1 saturated heterocycles. The van der Waals surface area contributed by atoms with Crippen molar-refractivity contribution in [2.75, 3.05) is 25.5 Å². The molecule has 2 aliphatic rings. The molecule has 4 rings (SSSR count). The number of aromatic nitrogens is 3. The molecule has 2 aromatic heterocycles. The van der Waals surface area contributed by atoms with Crippen LogP contribution in [-0.2, 0) is 4.79 Å². The first-order chi connectivity index (χ1) is 15.0. The number of hydrogen-bond acceptors (Lipinski definition) is 6. The van der Waals surface area contributed by atoms with Crippen molar-refractivity contribution in [2.45, 2.75) is 70.9 Å². The number of anilines is 2. The van der Waals surface area contributed by atoms with E-state index < -0.39 is 0 Å². The van der Waals surface area contributed by atoms with Crippen molar-refractivity contribution in [1.29, 1.82) is 0 Å². The topological polar surface area (TPSA) is 74.2 Å². The molecule has 0 radical (unpaired) electrons. The summed E-state index contributed by atoms with van der Waals surface area (Å²) in [5, 5.41) is 3.24. The van der Waals surface area contributed by atoms with Gasteiger partial charge in [0.15, 0.2) is 0 Å². The fourth-order valence-electron chi connectivity index (χ4n) is 4.91. The van der Waals surface area contributed by atoms with Crippen LogP contribution >= 0.6 is 0 Å². The van der Waals surface area contributed by atoms with Crippen LogP contribution in [0.4, 0.5) is 11.8 Å². The number of pyridine rings is 1. The van der Waals surface area contributed by atoms with Gasteiger partial charge in [-0.1, -0.05) is 25.3 Å². The Labute approximate surface area is 185 Å². The van der Waals surface area contributed by atoms with Crippen LogP contribution in [-0.4, -0.2) is 56.8 Å². The van der Waals surface area contributed by atoms with Gasteiger partial charge in [0.05, 0.1) is 18.3 Å². The van der Waals surface area contributed by atoms with E-state index in [1.165, 1.54) is 19.3 Å². The molecular weight excluding hydrogens is 388 g/mol. The SMILES string of the molecule is Cc1cc(C)nc(Nc2cccc([C@@H]3CCCN3CC(=O)N(C)C3CCCCC3)n2)n1. The summed E-state index contributed by atoms with van der Waals surface area (Å²) >= 11 is 0. The van der Waals surface area contributed by atoms with Crippen molar-refractivity contribution < 1.29 is 4.79 Å². The fourth-order valence-corrected chi connectivity index (χ4v) is 4.91. The third kappa shape index (κ3) is 5.39. The first-order valence-electron chi connectivity index (χ1n) is 11.6. The van der Waals surface area contributed by atoms with E-state index in [9.17, 15) is 4.79 Å². The summed E-state index contributed by atoms with van der Waals surface area (Å²) in [7, 11) is 1.98. The first-order valence-corrected chi connectivity index (χ1v) is 11.6. The van der Waals surface area contributed by atoms with Gasteiger partial charge in [0.1, 0.15) is 5.82 Å². The normalized spacial score (nSPS) is 20.0. The summed E-state index contributed by atoms with van der Waals surface area (Å²) in [5.41, 5.74) is 2.85. The Hall–Kier alpha value is -2.54. The summed E-state index contributed by atoms with van der Waals surface area (Å²) in [6.45, 7) is 5.33. The Balaban J connectivity index is 1.43. The molecule has 1 atom stereocenters. The quantitative estimate of drug-likeness (QED) is 0.753. The molecule has 0 aromatic carbocycles. The number of nitrogens with zero attached hydrogens (tertiary/aromatic N) is 5. The lowest BCUT2D eigenvalue weighted by molar-refractivity contribution is -0.134. The third-order valence-electron chi connectivity index (χ3n) is 6.55. The Kier molecular flexibility index (Phi) is 6.80. The number of likely N-dealkylation sites (N-methyl/N-ethyl adjacent to an activating group) is 1. The van der Waals surface area contributed by atoms with Gasteiger partial charge in [0.2, 0.25) is 11.9 Å². The van der Waals surface area contributed by atoms with E-state index >= 15 is 0 Å². The largest absolute Gasteiger partial charge is 0.342 e. The van der Waals surface area contributed by atoms with Crippen LogP contribution in [0.1, 0.15) is 68.1 Å². The Bertz CT molecular complexity index is 890. The van der Waals surface area contributed by atoms with Gasteiger partial charge >= 0.3 is 0 Å². The van der Waals surface area contributed by atoms with Crippen LogP contribution in [0, 0.1) is 13.8 Å². The number of hydrogen-bond donors (Lipinski definition) is 1. The average Bonchev–Trinajstić information content (AvgIpc) is 3.21. The summed E-state index contributed by atoms with van der Waals surface area (Å²) in [4.78, 5) is 31.0. The lowest BCUT2D eigenvalue weighted by Gasteiger charge is -2.33. The zero-order valence-electron chi connectivity index (χ0n) is 19.0. The Morgan fingerprint density at radius 3 is 2.55 bits per heavy atom. The molecule has 31 heavy (non-hydrogen) atoms. The zero-order valence-corrected chi connectivity index (χ0v) is 19.0. The van der Waals surface area contributed by atoms with Crippen molar-refractivity contribution in [3.05, 3.63) is 41.3 Å². The molecular formula is C24H34N6O. The lowest BCUT2D eigenvalue weighted by Crippen LogP contribution is -2.44. The summed E-state index contributed by atoms with van der Waals surface area (Å²) in [6, 6.07) is 8.54. The van der Waals surface area contributed by atoms with Gasteiger partial charge < -0.3 is 10.2 Å². The maximum atomic E-state index is 13.0. The number of aryl methyl sites for hydroxylation is 2. The van der Waals surface area contributed by atoms with Crippen LogP contribution in [0.25, 0.3) is 0 Å². The average molecular weight is 423 g/mol. The second-order valence-electron chi connectivity index (χ2n) is 8.97. The van der Waals surface area contributed by atoms with E-state index in [0.717, 1.165) is 55.1 Å². The molecule has 3 heterocycles. The molecule has 1 saturated carbocycles. The molecule has 1 aliphatic carbocycles. The van der Waals surface area contributed by atoms with E-state index in [4.69, 9.17) is 4.98 Å². The van der Waals surface area contributed by atoms with E-state index in [1.54, 1.807) is 0 Å².